The van der Waals surface area contributed by atoms with Crippen LogP contribution in [0.15, 0.2) is 42.6 Å². The van der Waals surface area contributed by atoms with Gasteiger partial charge in [0.15, 0.2) is 5.69 Å². The number of amidine groups is 1. The number of ether oxygens (including phenoxy) is 3. The van der Waals surface area contributed by atoms with E-state index in [1.165, 1.54) is 12.1 Å². The van der Waals surface area contributed by atoms with Gasteiger partial charge in [0.25, 0.3) is 11.7 Å². The average Bonchev–Trinajstić information content (AvgIpc) is 2.77. The minimum absolute atomic E-state index is 0.159. The van der Waals surface area contributed by atoms with Crippen LogP contribution in [0.1, 0.15) is 34.2 Å². The summed E-state index contributed by atoms with van der Waals surface area (Å²) in [7, 11) is 3.29. The van der Waals surface area contributed by atoms with Crippen LogP contribution in [0.2, 0.25) is 0 Å². The molecule has 2 aromatic rings. The lowest BCUT2D eigenvalue weighted by atomic mass is 10.2. The molecule has 0 aliphatic carbocycles. The summed E-state index contributed by atoms with van der Waals surface area (Å²) < 4.78 is 16.8. The minimum atomic E-state index is -0.450. The smallest absolute Gasteiger partial charge is 0.339 e. The molecule has 1 aromatic carbocycles. The van der Waals surface area contributed by atoms with E-state index in [4.69, 9.17) is 19.6 Å². The Morgan fingerprint density at radius 2 is 1.97 bits per heavy atom. The molecule has 1 aliphatic rings. The molecule has 1 fully saturated rings. The Hall–Kier alpha value is -3.99. The van der Waals surface area contributed by atoms with Gasteiger partial charge in [-0.05, 0) is 31.5 Å². The molecule has 3 rings (SSSR count). The zero-order chi connectivity index (χ0) is 24.5. The van der Waals surface area contributed by atoms with E-state index in [0.29, 0.717) is 18.1 Å². The number of amides is 2. The zero-order valence-electron chi connectivity index (χ0n) is 19.4. The highest BCUT2D eigenvalue weighted by Crippen LogP contribution is 2.27. The molecule has 0 unspecified atom stereocenters. The van der Waals surface area contributed by atoms with Crippen LogP contribution in [0, 0.1) is 0 Å². The summed E-state index contributed by atoms with van der Waals surface area (Å²) in [5.41, 5.74) is 0.508. The first kappa shape index (κ1) is 24.6. The van der Waals surface area contributed by atoms with Crippen LogP contribution in [0.5, 0.6) is 17.4 Å². The first-order valence-electron chi connectivity index (χ1n) is 10.8. The van der Waals surface area contributed by atoms with Crippen molar-refractivity contribution in [2.45, 2.75) is 19.4 Å². The van der Waals surface area contributed by atoms with E-state index < -0.39 is 5.91 Å². The molecule has 2 amide bonds. The van der Waals surface area contributed by atoms with Gasteiger partial charge in [0.2, 0.25) is 5.88 Å². The maximum Gasteiger partial charge on any atom is 0.339 e. The molecule has 0 radical (unpaired) electrons. The third-order valence-corrected chi connectivity index (χ3v) is 4.79. The first-order valence-corrected chi connectivity index (χ1v) is 10.8. The number of nitrogens with zero attached hydrogens (tertiary/aromatic N) is 3. The third kappa shape index (κ3) is 6.75. The monoisotopic (exact) mass is 469 g/mol. The van der Waals surface area contributed by atoms with E-state index in [1.54, 1.807) is 49.5 Å². The van der Waals surface area contributed by atoms with Gasteiger partial charge in [0.05, 0.1) is 12.2 Å². The molecule has 1 atom stereocenters. The first-order chi connectivity index (χ1) is 16.4. The third-order valence-electron chi connectivity index (χ3n) is 4.79. The van der Waals surface area contributed by atoms with Crippen molar-refractivity contribution in [2.24, 2.45) is 0 Å². The fraction of sp³-hybridized carbons (Fsp3) is 0.348. The van der Waals surface area contributed by atoms with Crippen LogP contribution in [0.25, 0.3) is 0 Å². The summed E-state index contributed by atoms with van der Waals surface area (Å²) in [5.74, 6) is 0.412. The highest BCUT2D eigenvalue weighted by Gasteiger charge is 2.23. The van der Waals surface area contributed by atoms with E-state index in [9.17, 15) is 9.59 Å². The SMILES string of the molecule is CN/C=C\C(=[NH2+])NC(=O)c1cc(Oc2ccc(C(=O)N3CCC3)nn2)cc(O[C@@H](C)COC)c1. The Morgan fingerprint density at radius 3 is 2.59 bits per heavy atom. The van der Waals surface area contributed by atoms with E-state index >= 15 is 0 Å². The molecule has 1 aromatic heterocycles. The topological polar surface area (TPSA) is 140 Å². The number of nitrogens with one attached hydrogen (secondary N) is 2. The van der Waals surface area contributed by atoms with Crippen molar-refractivity contribution in [3.05, 3.63) is 53.9 Å². The molecule has 11 nitrogen and oxygen atoms in total. The summed E-state index contributed by atoms with van der Waals surface area (Å²) in [6.45, 7) is 3.65. The van der Waals surface area contributed by atoms with Crippen molar-refractivity contribution in [1.82, 2.24) is 25.7 Å². The molecule has 1 aliphatic heterocycles. The average molecular weight is 470 g/mol. The molecular formula is C23H29N6O5+. The predicted molar refractivity (Wildman–Crippen MR) is 124 cm³/mol. The van der Waals surface area contributed by atoms with Crippen LogP contribution in [-0.4, -0.2) is 72.7 Å². The Balaban J connectivity index is 1.79. The molecule has 180 valence electrons. The Morgan fingerprint density at radius 1 is 1.21 bits per heavy atom. The highest BCUT2D eigenvalue weighted by molar-refractivity contribution is 6.08. The van der Waals surface area contributed by atoms with Gasteiger partial charge in [-0.3, -0.25) is 10.2 Å². The Kier molecular flexibility index (Phi) is 8.52. The van der Waals surface area contributed by atoms with Crippen molar-refractivity contribution < 1.29 is 29.2 Å². The summed E-state index contributed by atoms with van der Waals surface area (Å²) in [5, 5.41) is 19.2. The maximum atomic E-state index is 12.7. The fourth-order valence-electron chi connectivity index (χ4n) is 3.04. The quantitative estimate of drug-likeness (QED) is 0.330. The molecule has 4 N–H and O–H groups in total. The van der Waals surface area contributed by atoms with Crippen molar-refractivity contribution in [3.8, 4) is 17.4 Å². The van der Waals surface area contributed by atoms with Crippen LogP contribution in [-0.2, 0) is 4.74 Å². The highest BCUT2D eigenvalue weighted by atomic mass is 16.5. The lowest BCUT2D eigenvalue weighted by Crippen LogP contribution is -2.49. The molecule has 2 heterocycles. The van der Waals surface area contributed by atoms with Gasteiger partial charge < -0.3 is 24.4 Å². The second-order valence-corrected chi connectivity index (χ2v) is 7.61. The van der Waals surface area contributed by atoms with Gasteiger partial charge in [-0.1, -0.05) is 0 Å². The normalized spacial score (nSPS) is 13.7. The number of nitrogens with two attached hydrogens (primary N) is 1. The largest absolute Gasteiger partial charge is 0.488 e. The van der Waals surface area contributed by atoms with Crippen LogP contribution < -0.4 is 25.5 Å². The minimum Gasteiger partial charge on any atom is -0.488 e. The van der Waals surface area contributed by atoms with Crippen LogP contribution in [0.3, 0.4) is 0 Å². The number of carbonyl (C=O) groups is 2. The molecule has 11 heteroatoms. The predicted octanol–water partition coefficient (Wildman–Crippen LogP) is 0.149. The second-order valence-electron chi connectivity index (χ2n) is 7.61. The number of aromatic nitrogens is 2. The van der Waals surface area contributed by atoms with Crippen molar-refractivity contribution in [3.63, 3.8) is 0 Å². The second kappa shape index (κ2) is 11.8. The van der Waals surface area contributed by atoms with Gasteiger partial charge in [0.1, 0.15) is 17.6 Å². The van der Waals surface area contributed by atoms with Crippen LogP contribution in [0.4, 0.5) is 0 Å². The number of hydrogen-bond donors (Lipinski definition) is 3. The number of rotatable bonds is 10. The molecule has 0 saturated carbocycles. The van der Waals surface area contributed by atoms with Gasteiger partial charge >= 0.3 is 5.91 Å². The zero-order valence-corrected chi connectivity index (χ0v) is 19.4. The standard InChI is InChI=1S/C23H28N6O5/c1-15(14-32-3)33-17-11-16(22(30)26-20(24)7-8-25-2)12-18(13-17)34-21-6-5-19(27-28-21)23(31)29-9-4-10-29/h5-8,11-13,15,25H,4,9-10,14H2,1-3H3,(H2,24,26,30)/p+1/b8-7-/t15-/m0/s1. The van der Waals surface area contributed by atoms with Gasteiger partial charge in [-0.25, -0.2) is 10.1 Å². The number of likely N-dealkylation sites (tertiary alicyclic amines) is 1. The fourth-order valence-corrected chi connectivity index (χ4v) is 3.04. The summed E-state index contributed by atoms with van der Waals surface area (Å²) in [6, 6.07) is 7.83. The molecule has 34 heavy (non-hydrogen) atoms. The van der Waals surface area contributed by atoms with Crippen molar-refractivity contribution in [1.29, 1.82) is 0 Å². The van der Waals surface area contributed by atoms with Crippen molar-refractivity contribution in [2.75, 3.05) is 33.9 Å². The van der Waals surface area contributed by atoms with Crippen molar-refractivity contribution >= 4 is 17.6 Å². The van der Waals surface area contributed by atoms with E-state index in [2.05, 4.69) is 20.8 Å². The van der Waals surface area contributed by atoms with Gasteiger partial charge in [-0.2, -0.15) is 0 Å². The Labute approximate surface area is 197 Å². The van der Waals surface area contributed by atoms with Gasteiger partial charge in [0, 0.05) is 51.7 Å². The van der Waals surface area contributed by atoms with Crippen LogP contribution >= 0.6 is 0 Å². The molecular weight excluding hydrogens is 440 g/mol. The summed E-state index contributed by atoms with van der Waals surface area (Å²) in [4.78, 5) is 26.7. The molecule has 0 bridgehead atoms. The van der Waals surface area contributed by atoms with E-state index in [1.807, 2.05) is 6.92 Å². The number of hydrogen-bond acceptors (Lipinski definition) is 8. The summed E-state index contributed by atoms with van der Waals surface area (Å²) in [6.07, 6.45) is 3.84. The van der Waals surface area contributed by atoms with E-state index in [0.717, 1.165) is 19.5 Å². The van der Waals surface area contributed by atoms with E-state index in [-0.39, 0.29) is 35.0 Å². The maximum absolute atomic E-state index is 12.7. The molecule has 0 spiro atoms. The number of benzene rings is 1. The number of carbonyl (C=O) groups excluding carboxylic acids is 2. The molecule has 1 saturated heterocycles. The summed E-state index contributed by atoms with van der Waals surface area (Å²) >= 11 is 0. The lowest BCUT2D eigenvalue weighted by molar-refractivity contribution is -0.115. The lowest BCUT2D eigenvalue weighted by Gasteiger charge is -2.30. The number of methoxy groups -OCH3 is 1. The Bertz CT molecular complexity index is 1050. The van der Waals surface area contributed by atoms with Gasteiger partial charge in [-0.15, -0.1) is 10.2 Å².